The molecule has 0 fully saturated rings. The second-order valence-electron chi connectivity index (χ2n) is 3.57. The van der Waals surface area contributed by atoms with E-state index in [4.69, 9.17) is 16.3 Å². The van der Waals surface area contributed by atoms with Crippen LogP contribution in [0.4, 0.5) is 5.69 Å². The Bertz CT molecular complexity index is 589. The molecule has 0 aliphatic carbocycles. The van der Waals surface area contributed by atoms with Crippen molar-refractivity contribution in [2.24, 2.45) is 0 Å². The molecule has 6 heteroatoms. The van der Waals surface area contributed by atoms with Gasteiger partial charge in [0, 0.05) is 12.1 Å². The third-order valence-corrected chi connectivity index (χ3v) is 2.78. The van der Waals surface area contributed by atoms with E-state index in [-0.39, 0.29) is 5.75 Å². The van der Waals surface area contributed by atoms with Gasteiger partial charge < -0.3 is 15.2 Å². The average molecular weight is 250 g/mol. The van der Waals surface area contributed by atoms with Crippen molar-refractivity contribution in [2.75, 3.05) is 5.32 Å². The van der Waals surface area contributed by atoms with Gasteiger partial charge in [-0.15, -0.1) is 0 Å². The molecule has 0 atom stereocenters. The standard InChI is InChI=1S/C11H8ClN3O2/c12-10-8-11(15-5-14-10)17-9-6(4-13-8)2-1-3-7(9)16/h1-3,5,13,16H,4H2. The van der Waals surface area contributed by atoms with E-state index in [0.29, 0.717) is 29.0 Å². The lowest BCUT2D eigenvalue weighted by Gasteiger charge is -2.08. The summed E-state index contributed by atoms with van der Waals surface area (Å²) in [5.74, 6) is 0.783. The number of para-hydroxylation sites is 1. The first-order valence-corrected chi connectivity index (χ1v) is 5.36. The number of halogens is 1. The van der Waals surface area contributed by atoms with Crippen molar-refractivity contribution in [1.82, 2.24) is 9.97 Å². The summed E-state index contributed by atoms with van der Waals surface area (Å²) in [5.41, 5.74) is 1.36. The molecule has 0 unspecified atom stereocenters. The van der Waals surface area contributed by atoms with E-state index in [2.05, 4.69) is 15.3 Å². The molecule has 17 heavy (non-hydrogen) atoms. The van der Waals surface area contributed by atoms with Crippen LogP contribution in [0.2, 0.25) is 5.15 Å². The van der Waals surface area contributed by atoms with Crippen molar-refractivity contribution in [3.63, 3.8) is 0 Å². The number of phenolic OH excluding ortho intramolecular Hbond substituents is 1. The second-order valence-corrected chi connectivity index (χ2v) is 3.92. The number of fused-ring (bicyclic) bond motifs is 2. The number of nitrogens with one attached hydrogen (secondary N) is 1. The number of ether oxygens (including phenoxy) is 1. The van der Waals surface area contributed by atoms with Gasteiger partial charge in [-0.25, -0.2) is 4.98 Å². The molecule has 2 aromatic rings. The Morgan fingerprint density at radius 2 is 2.24 bits per heavy atom. The van der Waals surface area contributed by atoms with E-state index in [1.165, 1.54) is 6.33 Å². The van der Waals surface area contributed by atoms with E-state index in [0.717, 1.165) is 5.56 Å². The van der Waals surface area contributed by atoms with Gasteiger partial charge in [-0.1, -0.05) is 23.7 Å². The lowest BCUT2D eigenvalue weighted by Crippen LogP contribution is -1.99. The van der Waals surface area contributed by atoms with Crippen LogP contribution in [0.25, 0.3) is 0 Å². The lowest BCUT2D eigenvalue weighted by atomic mass is 10.2. The van der Waals surface area contributed by atoms with Crippen LogP contribution in [0, 0.1) is 0 Å². The van der Waals surface area contributed by atoms with Gasteiger partial charge in [-0.05, 0) is 6.07 Å². The zero-order chi connectivity index (χ0) is 11.8. The van der Waals surface area contributed by atoms with E-state index in [9.17, 15) is 5.11 Å². The highest BCUT2D eigenvalue weighted by Crippen LogP contribution is 2.40. The van der Waals surface area contributed by atoms with Crippen LogP contribution < -0.4 is 10.1 Å². The monoisotopic (exact) mass is 249 g/mol. The zero-order valence-corrected chi connectivity index (χ0v) is 9.40. The van der Waals surface area contributed by atoms with E-state index < -0.39 is 0 Å². The Balaban J connectivity index is 2.15. The summed E-state index contributed by atoms with van der Waals surface area (Å²) >= 11 is 5.94. The number of benzene rings is 1. The van der Waals surface area contributed by atoms with Gasteiger partial charge in [0.1, 0.15) is 12.0 Å². The van der Waals surface area contributed by atoms with Gasteiger partial charge in [-0.2, -0.15) is 4.98 Å². The molecule has 0 radical (unpaired) electrons. The van der Waals surface area contributed by atoms with Crippen LogP contribution >= 0.6 is 11.6 Å². The number of rotatable bonds is 0. The normalized spacial score (nSPS) is 12.8. The molecule has 86 valence electrons. The third-order valence-electron chi connectivity index (χ3n) is 2.50. The van der Waals surface area contributed by atoms with Crippen LogP contribution in [-0.4, -0.2) is 15.1 Å². The van der Waals surface area contributed by atoms with E-state index in [1.54, 1.807) is 12.1 Å². The van der Waals surface area contributed by atoms with Gasteiger partial charge in [0.2, 0.25) is 5.88 Å². The second kappa shape index (κ2) is 3.78. The first kappa shape index (κ1) is 10.2. The summed E-state index contributed by atoms with van der Waals surface area (Å²) in [5, 5.41) is 13.1. The number of phenols is 1. The molecule has 3 rings (SSSR count). The van der Waals surface area contributed by atoms with E-state index in [1.807, 2.05) is 6.07 Å². The van der Waals surface area contributed by atoms with E-state index >= 15 is 0 Å². The quantitative estimate of drug-likeness (QED) is 0.703. The lowest BCUT2D eigenvalue weighted by molar-refractivity contribution is 0.402. The Kier molecular flexibility index (Phi) is 2.26. The SMILES string of the molecule is Oc1cccc2c1Oc1ncnc(Cl)c1NC2. The largest absolute Gasteiger partial charge is 0.504 e. The molecule has 0 saturated heterocycles. The number of aromatic hydroxyl groups is 1. The van der Waals surface area contributed by atoms with Crippen molar-refractivity contribution in [1.29, 1.82) is 0 Å². The minimum atomic E-state index is 0.0758. The molecule has 1 aliphatic rings. The number of hydrogen-bond donors (Lipinski definition) is 2. The molecule has 0 amide bonds. The van der Waals surface area contributed by atoms with Crippen molar-refractivity contribution in [3.8, 4) is 17.4 Å². The molecule has 0 saturated carbocycles. The molecule has 2 N–H and O–H groups in total. The maximum Gasteiger partial charge on any atom is 0.247 e. The molecule has 1 aromatic heterocycles. The molecule has 5 nitrogen and oxygen atoms in total. The van der Waals surface area contributed by atoms with Gasteiger partial charge in [0.15, 0.2) is 16.7 Å². The van der Waals surface area contributed by atoms with Gasteiger partial charge in [-0.3, -0.25) is 0 Å². The number of nitrogens with zero attached hydrogens (tertiary/aromatic N) is 2. The summed E-state index contributed by atoms with van der Waals surface area (Å²) < 4.78 is 5.57. The summed E-state index contributed by atoms with van der Waals surface area (Å²) in [7, 11) is 0. The summed E-state index contributed by atoms with van der Waals surface area (Å²) in [6.07, 6.45) is 1.31. The van der Waals surface area contributed by atoms with Crippen LogP contribution in [0.1, 0.15) is 5.56 Å². The highest BCUT2D eigenvalue weighted by Gasteiger charge is 2.20. The van der Waals surface area contributed by atoms with Gasteiger partial charge in [0.05, 0.1) is 0 Å². The molecule has 1 aliphatic heterocycles. The predicted molar refractivity (Wildman–Crippen MR) is 62.5 cm³/mol. The fraction of sp³-hybridized carbons (Fsp3) is 0.0909. The molecule has 0 spiro atoms. The summed E-state index contributed by atoms with van der Waals surface area (Å²) in [6.45, 7) is 0.490. The molecular formula is C11H8ClN3O2. The van der Waals surface area contributed by atoms with Crippen LogP contribution in [0.15, 0.2) is 24.5 Å². The van der Waals surface area contributed by atoms with Crippen molar-refractivity contribution < 1.29 is 9.84 Å². The van der Waals surface area contributed by atoms with Crippen LogP contribution in [0.5, 0.6) is 17.4 Å². The van der Waals surface area contributed by atoms with Crippen LogP contribution in [-0.2, 0) is 6.54 Å². The molecule has 1 aromatic carbocycles. The summed E-state index contributed by atoms with van der Waals surface area (Å²) in [4.78, 5) is 7.86. The maximum atomic E-state index is 9.75. The van der Waals surface area contributed by atoms with Crippen molar-refractivity contribution in [2.45, 2.75) is 6.54 Å². The third kappa shape index (κ3) is 1.64. The Labute approximate surface area is 102 Å². The number of hydrogen-bond acceptors (Lipinski definition) is 5. The minimum Gasteiger partial charge on any atom is -0.504 e. The first-order chi connectivity index (χ1) is 8.25. The van der Waals surface area contributed by atoms with Crippen LogP contribution in [0.3, 0.4) is 0 Å². The Hall–Kier alpha value is -2.01. The molecule has 0 bridgehead atoms. The van der Waals surface area contributed by atoms with Gasteiger partial charge >= 0.3 is 0 Å². The maximum absolute atomic E-state index is 9.75. The molecule has 2 heterocycles. The first-order valence-electron chi connectivity index (χ1n) is 4.99. The topological polar surface area (TPSA) is 67.3 Å². The fourth-order valence-corrected chi connectivity index (χ4v) is 1.88. The smallest absolute Gasteiger partial charge is 0.247 e. The number of anilines is 1. The Morgan fingerprint density at radius 1 is 1.35 bits per heavy atom. The van der Waals surface area contributed by atoms with Gasteiger partial charge in [0.25, 0.3) is 0 Å². The number of aromatic nitrogens is 2. The predicted octanol–water partition coefficient (Wildman–Crippen LogP) is 2.55. The zero-order valence-electron chi connectivity index (χ0n) is 8.64. The average Bonchev–Trinajstić information content (AvgIpc) is 2.50. The fourth-order valence-electron chi connectivity index (χ4n) is 1.68. The highest BCUT2D eigenvalue weighted by molar-refractivity contribution is 6.32. The minimum absolute atomic E-state index is 0.0758. The van der Waals surface area contributed by atoms with Crippen molar-refractivity contribution in [3.05, 3.63) is 35.2 Å². The Morgan fingerprint density at radius 3 is 3.12 bits per heavy atom. The highest BCUT2D eigenvalue weighted by atomic mass is 35.5. The molecular weight excluding hydrogens is 242 g/mol. The summed E-state index contributed by atoms with van der Waals surface area (Å²) in [6, 6.07) is 5.17. The van der Waals surface area contributed by atoms with Crippen molar-refractivity contribution >= 4 is 17.3 Å².